The lowest BCUT2D eigenvalue weighted by atomic mass is 10.2. The van der Waals surface area contributed by atoms with Crippen molar-refractivity contribution in [3.63, 3.8) is 0 Å². The van der Waals surface area contributed by atoms with Crippen molar-refractivity contribution in [1.29, 1.82) is 0 Å². The molecule has 1 heterocycles. The van der Waals surface area contributed by atoms with E-state index in [0.717, 1.165) is 28.6 Å². The van der Waals surface area contributed by atoms with Crippen molar-refractivity contribution < 1.29 is 4.74 Å². The highest BCUT2D eigenvalue weighted by Crippen LogP contribution is 2.25. The monoisotopic (exact) mass is 334 g/mol. The molecule has 0 unspecified atom stereocenters. The summed E-state index contributed by atoms with van der Waals surface area (Å²) in [5, 5.41) is 6.68. The van der Waals surface area contributed by atoms with Gasteiger partial charge in [0.2, 0.25) is 0 Å². The molecule has 0 saturated heterocycles. The second-order valence-corrected chi connectivity index (χ2v) is 5.98. The summed E-state index contributed by atoms with van der Waals surface area (Å²) in [6.07, 6.45) is 0. The molecule has 5 heteroatoms. The Balaban J connectivity index is 2.00. The van der Waals surface area contributed by atoms with E-state index >= 15 is 0 Å². The topological polar surface area (TPSA) is 59.1 Å². The number of methoxy groups -OCH3 is 1. The first-order valence-electron chi connectivity index (χ1n) is 8.26. The highest BCUT2D eigenvalue weighted by molar-refractivity contribution is 5.66. The maximum Gasteiger partial charge on any atom is 0.163 e. The van der Waals surface area contributed by atoms with E-state index in [1.54, 1.807) is 7.11 Å². The Morgan fingerprint density at radius 1 is 0.880 bits per heavy atom. The summed E-state index contributed by atoms with van der Waals surface area (Å²) in [6.45, 7) is 4.16. The molecule has 0 aliphatic heterocycles. The normalized spacial score (nSPS) is 10.6. The Morgan fingerprint density at radius 3 is 2.36 bits per heavy atom. The molecule has 0 bridgehead atoms. The van der Waals surface area contributed by atoms with E-state index in [-0.39, 0.29) is 6.04 Å². The average Bonchev–Trinajstić information content (AvgIpc) is 2.62. The number of benzene rings is 2. The number of nitrogens with zero attached hydrogens (tertiary/aromatic N) is 2. The molecule has 25 heavy (non-hydrogen) atoms. The van der Waals surface area contributed by atoms with Crippen LogP contribution in [0, 0.1) is 0 Å². The number of ether oxygens (including phenoxy) is 1. The Hall–Kier alpha value is -3.08. The fourth-order valence-corrected chi connectivity index (χ4v) is 2.44. The second kappa shape index (κ2) is 7.66. The van der Waals surface area contributed by atoms with Crippen molar-refractivity contribution in [3.05, 3.63) is 60.7 Å². The maximum atomic E-state index is 5.31. The largest absolute Gasteiger partial charge is 0.497 e. The van der Waals surface area contributed by atoms with Crippen molar-refractivity contribution in [3.8, 4) is 17.1 Å². The zero-order chi connectivity index (χ0) is 17.6. The smallest absolute Gasteiger partial charge is 0.163 e. The third-order valence-electron chi connectivity index (χ3n) is 3.54. The van der Waals surface area contributed by atoms with Gasteiger partial charge in [-0.1, -0.05) is 30.3 Å². The van der Waals surface area contributed by atoms with Crippen LogP contribution in [-0.4, -0.2) is 23.1 Å². The van der Waals surface area contributed by atoms with Crippen LogP contribution in [0.1, 0.15) is 13.8 Å². The number of para-hydroxylation sites is 1. The minimum atomic E-state index is 0.276. The molecule has 5 nitrogen and oxygen atoms in total. The number of nitrogens with one attached hydrogen (secondary N) is 2. The molecule has 0 aliphatic carbocycles. The van der Waals surface area contributed by atoms with Gasteiger partial charge < -0.3 is 15.4 Å². The third kappa shape index (κ3) is 4.47. The quantitative estimate of drug-likeness (QED) is 0.683. The molecule has 0 fully saturated rings. The predicted molar refractivity (Wildman–Crippen MR) is 103 cm³/mol. The van der Waals surface area contributed by atoms with Gasteiger partial charge in [0.25, 0.3) is 0 Å². The van der Waals surface area contributed by atoms with Crippen molar-refractivity contribution >= 4 is 17.3 Å². The van der Waals surface area contributed by atoms with Crippen LogP contribution >= 0.6 is 0 Å². The van der Waals surface area contributed by atoms with Gasteiger partial charge in [-0.2, -0.15) is 0 Å². The average molecular weight is 334 g/mol. The predicted octanol–water partition coefficient (Wildman–Crippen LogP) is 4.72. The molecular weight excluding hydrogens is 312 g/mol. The molecule has 0 spiro atoms. The summed E-state index contributed by atoms with van der Waals surface area (Å²) >= 11 is 0. The highest BCUT2D eigenvalue weighted by atomic mass is 16.5. The third-order valence-corrected chi connectivity index (χ3v) is 3.54. The summed E-state index contributed by atoms with van der Waals surface area (Å²) in [4.78, 5) is 9.31. The molecule has 0 radical (unpaired) electrons. The maximum absolute atomic E-state index is 5.31. The summed E-state index contributed by atoms with van der Waals surface area (Å²) in [7, 11) is 1.65. The van der Waals surface area contributed by atoms with Gasteiger partial charge in [0.15, 0.2) is 5.82 Å². The Morgan fingerprint density at radius 2 is 1.64 bits per heavy atom. The van der Waals surface area contributed by atoms with Crippen LogP contribution < -0.4 is 15.4 Å². The minimum Gasteiger partial charge on any atom is -0.497 e. The number of aromatic nitrogens is 2. The first-order valence-corrected chi connectivity index (χ1v) is 8.26. The SMILES string of the molecule is COc1cccc(-c2nc(Nc3ccccc3)cc(NC(C)C)n2)c1. The summed E-state index contributed by atoms with van der Waals surface area (Å²) < 4.78 is 5.31. The lowest BCUT2D eigenvalue weighted by Crippen LogP contribution is -2.12. The van der Waals surface area contributed by atoms with Gasteiger partial charge >= 0.3 is 0 Å². The second-order valence-electron chi connectivity index (χ2n) is 5.98. The molecule has 0 amide bonds. The van der Waals surface area contributed by atoms with Crippen LogP contribution in [0.15, 0.2) is 60.7 Å². The first kappa shape index (κ1) is 16.8. The fraction of sp³-hybridized carbons (Fsp3) is 0.200. The van der Waals surface area contributed by atoms with Gasteiger partial charge in [-0.15, -0.1) is 0 Å². The highest BCUT2D eigenvalue weighted by Gasteiger charge is 2.09. The summed E-state index contributed by atoms with van der Waals surface area (Å²) in [5.74, 6) is 2.94. The van der Waals surface area contributed by atoms with Crippen LogP contribution in [0.25, 0.3) is 11.4 Å². The molecule has 3 aromatic rings. The molecular formula is C20H22N4O. The lowest BCUT2D eigenvalue weighted by Gasteiger charge is -2.13. The van der Waals surface area contributed by atoms with Gasteiger partial charge in [0, 0.05) is 23.4 Å². The fourth-order valence-electron chi connectivity index (χ4n) is 2.44. The Bertz CT molecular complexity index is 834. The van der Waals surface area contributed by atoms with E-state index in [9.17, 15) is 0 Å². The molecule has 2 aromatic carbocycles. The lowest BCUT2D eigenvalue weighted by molar-refractivity contribution is 0.415. The van der Waals surface area contributed by atoms with Crippen LogP contribution in [-0.2, 0) is 0 Å². The van der Waals surface area contributed by atoms with E-state index < -0.39 is 0 Å². The molecule has 3 rings (SSSR count). The van der Waals surface area contributed by atoms with Crippen molar-refractivity contribution in [1.82, 2.24) is 9.97 Å². The zero-order valence-electron chi connectivity index (χ0n) is 14.7. The van der Waals surface area contributed by atoms with E-state index in [0.29, 0.717) is 5.82 Å². The Labute approximate surface area is 148 Å². The van der Waals surface area contributed by atoms with Gasteiger partial charge in [-0.05, 0) is 38.1 Å². The first-order chi connectivity index (χ1) is 12.1. The van der Waals surface area contributed by atoms with Crippen LogP contribution in [0.2, 0.25) is 0 Å². The van der Waals surface area contributed by atoms with Crippen LogP contribution in [0.4, 0.5) is 17.3 Å². The van der Waals surface area contributed by atoms with Crippen molar-refractivity contribution in [2.75, 3.05) is 17.7 Å². The molecule has 0 aliphatic rings. The number of hydrogen-bond acceptors (Lipinski definition) is 5. The molecule has 0 atom stereocenters. The van der Waals surface area contributed by atoms with E-state index in [2.05, 4.69) is 34.4 Å². The van der Waals surface area contributed by atoms with Crippen molar-refractivity contribution in [2.24, 2.45) is 0 Å². The Kier molecular flexibility index (Phi) is 5.14. The molecule has 1 aromatic heterocycles. The van der Waals surface area contributed by atoms with E-state index in [1.807, 2.05) is 60.7 Å². The molecule has 128 valence electrons. The van der Waals surface area contributed by atoms with E-state index in [1.165, 1.54) is 0 Å². The summed E-state index contributed by atoms with van der Waals surface area (Å²) in [6, 6.07) is 19.9. The van der Waals surface area contributed by atoms with Gasteiger partial charge in [0.05, 0.1) is 7.11 Å². The number of rotatable bonds is 6. The molecule has 0 saturated carbocycles. The number of hydrogen-bond donors (Lipinski definition) is 2. The summed E-state index contributed by atoms with van der Waals surface area (Å²) in [5.41, 5.74) is 1.89. The number of anilines is 3. The standard InChI is InChI=1S/C20H22N4O/c1-14(2)21-18-13-19(22-16-9-5-4-6-10-16)24-20(23-18)15-8-7-11-17(12-15)25-3/h4-14H,1-3H3,(H2,21,22,23,24). The zero-order valence-corrected chi connectivity index (χ0v) is 14.7. The van der Waals surface area contributed by atoms with Gasteiger partial charge in [-0.25, -0.2) is 9.97 Å². The minimum absolute atomic E-state index is 0.276. The van der Waals surface area contributed by atoms with Gasteiger partial charge in [0.1, 0.15) is 17.4 Å². The van der Waals surface area contributed by atoms with Gasteiger partial charge in [-0.3, -0.25) is 0 Å². The van der Waals surface area contributed by atoms with Crippen LogP contribution in [0.3, 0.4) is 0 Å². The molecule has 2 N–H and O–H groups in total. The van der Waals surface area contributed by atoms with Crippen LogP contribution in [0.5, 0.6) is 5.75 Å². The van der Waals surface area contributed by atoms with Crippen molar-refractivity contribution in [2.45, 2.75) is 19.9 Å². The van der Waals surface area contributed by atoms with E-state index in [4.69, 9.17) is 4.74 Å².